The summed E-state index contributed by atoms with van der Waals surface area (Å²) in [4.78, 5) is 19.6. The minimum absolute atomic E-state index is 0.00793. The van der Waals surface area contributed by atoms with Crippen LogP contribution >= 0.6 is 0 Å². The molecule has 1 amide bonds. The highest BCUT2D eigenvalue weighted by Crippen LogP contribution is 2.41. The van der Waals surface area contributed by atoms with Crippen molar-refractivity contribution in [3.63, 3.8) is 0 Å². The van der Waals surface area contributed by atoms with Crippen LogP contribution in [-0.4, -0.2) is 78.1 Å². The number of aryl methyl sites for hydroxylation is 1. The molecule has 0 atom stereocenters. The van der Waals surface area contributed by atoms with Crippen molar-refractivity contribution in [1.82, 2.24) is 19.6 Å². The molecule has 0 radical (unpaired) electrons. The van der Waals surface area contributed by atoms with E-state index in [-0.39, 0.29) is 6.03 Å². The number of hydrogen-bond donors (Lipinski definition) is 0. The third kappa shape index (κ3) is 3.84. The zero-order valence-electron chi connectivity index (χ0n) is 17.8. The van der Waals surface area contributed by atoms with Crippen LogP contribution in [0.2, 0.25) is 0 Å². The van der Waals surface area contributed by atoms with Crippen LogP contribution in [0.4, 0.5) is 10.5 Å². The molecule has 0 bridgehead atoms. The summed E-state index contributed by atoms with van der Waals surface area (Å²) in [7, 11) is 0. The zero-order chi connectivity index (χ0) is 20.6. The first-order chi connectivity index (χ1) is 14.6. The first-order valence-electron chi connectivity index (χ1n) is 11.1. The van der Waals surface area contributed by atoms with E-state index in [0.717, 1.165) is 77.4 Å². The third-order valence-corrected chi connectivity index (χ3v) is 6.86. The summed E-state index contributed by atoms with van der Waals surface area (Å²) >= 11 is 0. The number of carbonyl (C=O) groups is 1. The Hall–Kier alpha value is -2.38. The Kier molecular flexibility index (Phi) is 5.25. The number of nitrogens with zero attached hydrogens (tertiary/aromatic N) is 5. The van der Waals surface area contributed by atoms with Gasteiger partial charge in [-0.2, -0.15) is 9.78 Å². The van der Waals surface area contributed by atoms with Crippen LogP contribution in [0.3, 0.4) is 0 Å². The van der Waals surface area contributed by atoms with Crippen molar-refractivity contribution in [2.24, 2.45) is 5.41 Å². The molecule has 7 heteroatoms. The van der Waals surface area contributed by atoms with E-state index in [1.165, 1.54) is 15.9 Å². The van der Waals surface area contributed by atoms with Gasteiger partial charge in [0.15, 0.2) is 0 Å². The van der Waals surface area contributed by atoms with E-state index in [2.05, 4.69) is 39.2 Å². The molecule has 0 aliphatic carbocycles. The Morgan fingerprint density at radius 3 is 2.53 bits per heavy atom. The number of morpholine rings is 1. The molecule has 4 heterocycles. The molecular formula is C23H31N5O2. The topological polar surface area (TPSA) is 53.8 Å². The quantitative estimate of drug-likeness (QED) is 0.780. The maximum absolute atomic E-state index is 12.6. The molecule has 1 spiro atoms. The molecule has 3 aliphatic rings. The van der Waals surface area contributed by atoms with Gasteiger partial charge >= 0.3 is 6.03 Å². The standard InChI is InChI=1S/C23H31N5O2/c1-19-14-24-28(15-19)22(29)27-8-6-23(7-9-27)17-25(18-23)16-20-4-2-3-5-21(20)26-10-12-30-13-11-26/h2-5,14-15H,6-13,16-18H2,1H3. The highest BCUT2D eigenvalue weighted by molar-refractivity contribution is 5.76. The van der Waals surface area contributed by atoms with Gasteiger partial charge in [0.05, 0.1) is 19.4 Å². The number of piperidine rings is 1. The lowest BCUT2D eigenvalue weighted by Gasteiger charge is -2.54. The van der Waals surface area contributed by atoms with Gasteiger partial charge in [-0.25, -0.2) is 4.79 Å². The number of benzene rings is 1. The van der Waals surface area contributed by atoms with Crippen LogP contribution in [0, 0.1) is 12.3 Å². The number of amides is 1. The highest BCUT2D eigenvalue weighted by Gasteiger charge is 2.45. The van der Waals surface area contributed by atoms with Crippen LogP contribution in [0.15, 0.2) is 36.7 Å². The number of carbonyl (C=O) groups excluding carboxylic acids is 1. The van der Waals surface area contributed by atoms with Crippen molar-refractivity contribution in [2.75, 3.05) is 57.4 Å². The summed E-state index contributed by atoms with van der Waals surface area (Å²) in [6.45, 7) is 10.5. The van der Waals surface area contributed by atoms with Gasteiger partial charge in [-0.15, -0.1) is 0 Å². The number of aromatic nitrogens is 2. The van der Waals surface area contributed by atoms with Crippen molar-refractivity contribution >= 4 is 11.7 Å². The van der Waals surface area contributed by atoms with Crippen LogP contribution in [0.25, 0.3) is 0 Å². The Labute approximate surface area is 178 Å². The minimum atomic E-state index is 0.00793. The third-order valence-electron chi connectivity index (χ3n) is 6.86. The number of likely N-dealkylation sites (tertiary alicyclic amines) is 2. The van der Waals surface area contributed by atoms with Crippen molar-refractivity contribution < 1.29 is 9.53 Å². The fourth-order valence-electron chi connectivity index (χ4n) is 5.16. The number of para-hydroxylation sites is 1. The van der Waals surface area contributed by atoms with E-state index < -0.39 is 0 Å². The van der Waals surface area contributed by atoms with E-state index >= 15 is 0 Å². The van der Waals surface area contributed by atoms with Gasteiger partial charge in [-0.1, -0.05) is 18.2 Å². The minimum Gasteiger partial charge on any atom is -0.378 e. The zero-order valence-corrected chi connectivity index (χ0v) is 17.8. The van der Waals surface area contributed by atoms with E-state index in [4.69, 9.17) is 4.74 Å². The molecule has 30 heavy (non-hydrogen) atoms. The lowest BCUT2D eigenvalue weighted by molar-refractivity contribution is -0.0443. The summed E-state index contributed by atoms with van der Waals surface area (Å²) in [6, 6.07) is 8.81. The Bertz CT molecular complexity index is 889. The van der Waals surface area contributed by atoms with Gasteiger partial charge < -0.3 is 14.5 Å². The van der Waals surface area contributed by atoms with Gasteiger partial charge in [0.25, 0.3) is 0 Å². The van der Waals surface area contributed by atoms with Gasteiger partial charge in [0, 0.05) is 57.7 Å². The van der Waals surface area contributed by atoms with Crippen molar-refractivity contribution in [2.45, 2.75) is 26.3 Å². The van der Waals surface area contributed by atoms with Crippen LogP contribution in [0.1, 0.15) is 24.0 Å². The van der Waals surface area contributed by atoms with Crippen molar-refractivity contribution in [3.05, 3.63) is 47.8 Å². The first-order valence-corrected chi connectivity index (χ1v) is 11.1. The Morgan fingerprint density at radius 1 is 1.10 bits per heavy atom. The second kappa shape index (κ2) is 8.04. The van der Waals surface area contributed by atoms with E-state index in [9.17, 15) is 4.79 Å². The molecule has 160 valence electrons. The molecule has 5 rings (SSSR count). The molecule has 7 nitrogen and oxygen atoms in total. The number of hydrogen-bond acceptors (Lipinski definition) is 5. The maximum atomic E-state index is 12.6. The second-order valence-corrected chi connectivity index (χ2v) is 9.11. The monoisotopic (exact) mass is 409 g/mol. The predicted molar refractivity (Wildman–Crippen MR) is 116 cm³/mol. The first kappa shape index (κ1) is 19.6. The van der Waals surface area contributed by atoms with E-state index in [1.54, 1.807) is 6.20 Å². The van der Waals surface area contributed by atoms with Gasteiger partial charge in [0.1, 0.15) is 0 Å². The van der Waals surface area contributed by atoms with E-state index in [1.807, 2.05) is 18.0 Å². The summed E-state index contributed by atoms with van der Waals surface area (Å²) in [5.74, 6) is 0. The van der Waals surface area contributed by atoms with Crippen LogP contribution < -0.4 is 4.90 Å². The smallest absolute Gasteiger partial charge is 0.344 e. The Balaban J connectivity index is 1.15. The molecule has 1 aromatic carbocycles. The molecule has 0 N–H and O–H groups in total. The molecule has 1 aromatic heterocycles. The number of anilines is 1. The summed E-state index contributed by atoms with van der Waals surface area (Å²) < 4.78 is 6.99. The fraction of sp³-hybridized carbons (Fsp3) is 0.565. The van der Waals surface area contributed by atoms with Gasteiger partial charge in [-0.05, 0) is 42.4 Å². The van der Waals surface area contributed by atoms with Crippen molar-refractivity contribution in [3.8, 4) is 0 Å². The number of rotatable bonds is 3. The number of ether oxygens (including phenoxy) is 1. The average molecular weight is 410 g/mol. The lowest BCUT2D eigenvalue weighted by Crippen LogP contribution is -2.60. The van der Waals surface area contributed by atoms with Crippen LogP contribution in [0.5, 0.6) is 0 Å². The molecule has 0 saturated carbocycles. The van der Waals surface area contributed by atoms with Gasteiger partial charge in [-0.3, -0.25) is 4.90 Å². The molecule has 0 unspecified atom stereocenters. The SMILES string of the molecule is Cc1cnn(C(=O)N2CCC3(CC2)CN(Cc2ccccc2N2CCOCC2)C3)c1. The van der Waals surface area contributed by atoms with Crippen LogP contribution in [-0.2, 0) is 11.3 Å². The molecule has 3 aliphatic heterocycles. The predicted octanol–water partition coefficient (Wildman–Crippen LogP) is 2.59. The molecule has 2 aromatic rings. The highest BCUT2D eigenvalue weighted by atomic mass is 16.5. The largest absolute Gasteiger partial charge is 0.378 e. The summed E-state index contributed by atoms with van der Waals surface area (Å²) in [5, 5.41) is 4.17. The summed E-state index contributed by atoms with van der Waals surface area (Å²) in [6.07, 6.45) is 5.72. The Morgan fingerprint density at radius 2 is 1.83 bits per heavy atom. The maximum Gasteiger partial charge on any atom is 0.344 e. The average Bonchev–Trinajstić information content (AvgIpc) is 3.20. The lowest BCUT2D eigenvalue weighted by atomic mass is 9.72. The second-order valence-electron chi connectivity index (χ2n) is 9.11. The molecular weight excluding hydrogens is 378 g/mol. The molecule has 3 saturated heterocycles. The summed E-state index contributed by atoms with van der Waals surface area (Å²) in [5.41, 5.74) is 4.17. The normalized spacial score (nSPS) is 21.6. The van der Waals surface area contributed by atoms with Gasteiger partial charge in [0.2, 0.25) is 0 Å². The van der Waals surface area contributed by atoms with E-state index in [0.29, 0.717) is 5.41 Å². The fourth-order valence-corrected chi connectivity index (χ4v) is 5.16. The molecule has 3 fully saturated rings. The van der Waals surface area contributed by atoms with Crippen molar-refractivity contribution in [1.29, 1.82) is 0 Å².